The number of benzene rings is 1. The lowest BCUT2D eigenvalue weighted by Gasteiger charge is -2.09. The van der Waals surface area contributed by atoms with Gasteiger partial charge in [-0.15, -0.1) is 0 Å². The second-order valence-corrected chi connectivity index (χ2v) is 4.93. The number of hydrogen-bond donors (Lipinski definition) is 1. The number of carboxylic acid groups (broad SMARTS) is 1. The Hall–Kier alpha value is -2.15. The average Bonchev–Trinajstić information content (AvgIpc) is 2.81. The summed E-state index contributed by atoms with van der Waals surface area (Å²) >= 11 is 3.16. The van der Waals surface area contributed by atoms with Crippen molar-refractivity contribution < 1.29 is 14.8 Å². The maximum Gasteiger partial charge on any atom is 0.352 e. The van der Waals surface area contributed by atoms with Crippen molar-refractivity contribution in [1.82, 2.24) is 4.57 Å². The zero-order valence-electron chi connectivity index (χ0n) is 10.5. The van der Waals surface area contributed by atoms with Crippen molar-refractivity contribution in [2.75, 3.05) is 0 Å². The fourth-order valence-electron chi connectivity index (χ4n) is 2.06. The van der Waals surface area contributed by atoms with E-state index in [1.807, 2.05) is 6.92 Å². The fourth-order valence-corrected chi connectivity index (χ4v) is 2.58. The van der Waals surface area contributed by atoms with Crippen molar-refractivity contribution in [2.45, 2.75) is 13.5 Å². The molecule has 1 heterocycles. The van der Waals surface area contributed by atoms with E-state index >= 15 is 0 Å². The van der Waals surface area contributed by atoms with Crippen molar-refractivity contribution in [3.63, 3.8) is 0 Å². The monoisotopic (exact) mass is 338 g/mol. The Morgan fingerprint density at radius 3 is 2.60 bits per heavy atom. The number of halogens is 1. The number of aromatic nitrogens is 1. The normalized spacial score (nSPS) is 10.5. The van der Waals surface area contributed by atoms with Crippen LogP contribution in [0.15, 0.2) is 34.8 Å². The van der Waals surface area contributed by atoms with Crippen LogP contribution in [0.4, 0.5) is 5.69 Å². The van der Waals surface area contributed by atoms with Gasteiger partial charge >= 0.3 is 5.97 Å². The topological polar surface area (TPSA) is 85.4 Å². The predicted octanol–water partition coefficient (Wildman–Crippen LogP) is 3.54. The molecule has 0 amide bonds. The lowest BCUT2D eigenvalue weighted by Crippen LogP contribution is -2.08. The third-order valence-electron chi connectivity index (χ3n) is 2.96. The number of nitro benzene ring substituents is 1. The second kappa shape index (κ2) is 5.46. The van der Waals surface area contributed by atoms with Gasteiger partial charge in [-0.3, -0.25) is 10.1 Å². The van der Waals surface area contributed by atoms with Crippen LogP contribution in [0.1, 0.15) is 17.4 Å². The van der Waals surface area contributed by atoms with Gasteiger partial charge in [0.2, 0.25) is 0 Å². The fraction of sp³-hybridized carbons (Fsp3) is 0.154. The van der Waals surface area contributed by atoms with E-state index in [0.717, 1.165) is 5.56 Å². The van der Waals surface area contributed by atoms with Crippen molar-refractivity contribution in [2.24, 2.45) is 0 Å². The molecule has 0 aliphatic carbocycles. The first kappa shape index (κ1) is 14.3. The maximum absolute atomic E-state index is 11.1. The summed E-state index contributed by atoms with van der Waals surface area (Å²) < 4.78 is 2.01. The van der Waals surface area contributed by atoms with Gasteiger partial charge in [0.25, 0.3) is 5.69 Å². The SMILES string of the molecule is CCn1c(C(=O)O)ccc1-c1ccc([N+](=O)[O-])c(Br)c1. The molecule has 7 heteroatoms. The lowest BCUT2D eigenvalue weighted by atomic mass is 10.1. The molecule has 0 aliphatic rings. The van der Waals surface area contributed by atoms with Gasteiger partial charge in [0.05, 0.1) is 9.40 Å². The highest BCUT2D eigenvalue weighted by Crippen LogP contribution is 2.31. The molecule has 2 rings (SSSR count). The van der Waals surface area contributed by atoms with Gasteiger partial charge in [0.1, 0.15) is 5.69 Å². The summed E-state index contributed by atoms with van der Waals surface area (Å²) in [6, 6.07) is 7.84. The second-order valence-electron chi connectivity index (χ2n) is 4.08. The molecule has 0 aliphatic heterocycles. The standard InChI is InChI=1S/C13H11BrN2O4/c1-2-15-10(5-6-12(15)13(17)18)8-3-4-11(16(19)20)9(14)7-8/h3-7H,2H2,1H3,(H,17,18). The molecule has 20 heavy (non-hydrogen) atoms. The molecule has 0 spiro atoms. The van der Waals surface area contributed by atoms with Crippen LogP contribution < -0.4 is 0 Å². The highest BCUT2D eigenvalue weighted by Gasteiger charge is 2.17. The van der Waals surface area contributed by atoms with E-state index in [0.29, 0.717) is 16.7 Å². The Labute approximate surface area is 122 Å². The lowest BCUT2D eigenvalue weighted by molar-refractivity contribution is -0.385. The Morgan fingerprint density at radius 2 is 2.10 bits per heavy atom. The number of carboxylic acids is 1. The number of nitro groups is 1. The summed E-state index contributed by atoms with van der Waals surface area (Å²) in [4.78, 5) is 21.4. The van der Waals surface area contributed by atoms with Crippen LogP contribution >= 0.6 is 15.9 Å². The van der Waals surface area contributed by atoms with Crippen LogP contribution in [0.3, 0.4) is 0 Å². The quantitative estimate of drug-likeness (QED) is 0.682. The Balaban J connectivity index is 2.55. The molecular formula is C13H11BrN2O4. The van der Waals surface area contributed by atoms with Crippen LogP contribution in [0.25, 0.3) is 11.3 Å². The van der Waals surface area contributed by atoms with E-state index in [4.69, 9.17) is 5.11 Å². The van der Waals surface area contributed by atoms with Crippen LogP contribution in [0.2, 0.25) is 0 Å². The summed E-state index contributed by atoms with van der Waals surface area (Å²) in [5.74, 6) is -1.00. The maximum atomic E-state index is 11.1. The van der Waals surface area contributed by atoms with Crippen LogP contribution in [-0.4, -0.2) is 20.6 Å². The number of carbonyl (C=O) groups is 1. The molecule has 0 unspecified atom stereocenters. The molecular weight excluding hydrogens is 328 g/mol. The zero-order chi connectivity index (χ0) is 14.9. The van der Waals surface area contributed by atoms with Gasteiger partial charge in [-0.2, -0.15) is 0 Å². The minimum absolute atomic E-state index is 0.0261. The van der Waals surface area contributed by atoms with E-state index in [2.05, 4.69) is 15.9 Å². The van der Waals surface area contributed by atoms with Gasteiger partial charge < -0.3 is 9.67 Å². The summed E-state index contributed by atoms with van der Waals surface area (Å²) in [5, 5.41) is 19.9. The largest absolute Gasteiger partial charge is 0.477 e. The molecule has 1 N–H and O–H groups in total. The third-order valence-corrected chi connectivity index (χ3v) is 3.59. The number of nitrogens with zero attached hydrogens (tertiary/aromatic N) is 2. The highest BCUT2D eigenvalue weighted by atomic mass is 79.9. The Kier molecular flexibility index (Phi) is 3.89. The first-order chi connectivity index (χ1) is 9.45. The van der Waals surface area contributed by atoms with Crippen molar-refractivity contribution in [3.8, 4) is 11.3 Å². The van der Waals surface area contributed by atoms with Crippen molar-refractivity contribution >= 4 is 27.6 Å². The van der Waals surface area contributed by atoms with E-state index in [1.165, 1.54) is 12.1 Å². The first-order valence-electron chi connectivity index (χ1n) is 5.82. The molecule has 0 fully saturated rings. The molecule has 1 aromatic carbocycles. The van der Waals surface area contributed by atoms with Crippen molar-refractivity contribution in [1.29, 1.82) is 0 Å². The van der Waals surface area contributed by atoms with Gasteiger partial charge in [-0.25, -0.2) is 4.79 Å². The zero-order valence-corrected chi connectivity index (χ0v) is 12.1. The first-order valence-corrected chi connectivity index (χ1v) is 6.62. The van der Waals surface area contributed by atoms with Gasteiger partial charge in [0.15, 0.2) is 0 Å². The summed E-state index contributed by atoms with van der Waals surface area (Å²) in [6.45, 7) is 2.34. The summed E-state index contributed by atoms with van der Waals surface area (Å²) in [7, 11) is 0. The van der Waals surface area contributed by atoms with E-state index < -0.39 is 10.9 Å². The molecule has 1 aromatic heterocycles. The van der Waals surface area contributed by atoms with E-state index in [9.17, 15) is 14.9 Å². The van der Waals surface area contributed by atoms with Gasteiger partial charge in [0, 0.05) is 18.3 Å². The minimum Gasteiger partial charge on any atom is -0.477 e. The Morgan fingerprint density at radius 1 is 1.40 bits per heavy atom. The van der Waals surface area contributed by atoms with Crippen molar-refractivity contribution in [3.05, 3.63) is 50.6 Å². The third kappa shape index (κ3) is 2.44. The Bertz CT molecular complexity index is 694. The average molecular weight is 339 g/mol. The smallest absolute Gasteiger partial charge is 0.352 e. The van der Waals surface area contributed by atoms with Crippen LogP contribution in [0, 0.1) is 10.1 Å². The van der Waals surface area contributed by atoms with Crippen LogP contribution in [0.5, 0.6) is 0 Å². The highest BCUT2D eigenvalue weighted by molar-refractivity contribution is 9.10. The number of aromatic carboxylic acids is 1. The molecule has 0 bridgehead atoms. The summed E-state index contributed by atoms with van der Waals surface area (Å²) in [6.07, 6.45) is 0. The molecule has 0 atom stereocenters. The van der Waals surface area contributed by atoms with Gasteiger partial charge in [-0.05, 0) is 52.7 Å². The predicted molar refractivity (Wildman–Crippen MR) is 76.9 cm³/mol. The van der Waals surface area contributed by atoms with E-state index in [1.54, 1.807) is 22.8 Å². The molecule has 6 nitrogen and oxygen atoms in total. The molecule has 0 radical (unpaired) electrons. The van der Waals surface area contributed by atoms with Gasteiger partial charge in [-0.1, -0.05) is 0 Å². The minimum atomic E-state index is -1.00. The summed E-state index contributed by atoms with van der Waals surface area (Å²) in [5.41, 5.74) is 1.59. The number of hydrogen-bond acceptors (Lipinski definition) is 3. The van der Waals surface area contributed by atoms with E-state index in [-0.39, 0.29) is 11.4 Å². The van der Waals surface area contributed by atoms with Crippen LogP contribution in [-0.2, 0) is 6.54 Å². The molecule has 0 saturated heterocycles. The molecule has 0 saturated carbocycles. The molecule has 2 aromatic rings. The number of rotatable bonds is 4. The molecule has 104 valence electrons.